The summed E-state index contributed by atoms with van der Waals surface area (Å²) in [5.74, 6) is 0.851. The summed E-state index contributed by atoms with van der Waals surface area (Å²) in [6, 6.07) is 1.92. The van der Waals surface area contributed by atoms with Crippen molar-refractivity contribution in [2.75, 3.05) is 30.8 Å². The molecule has 0 aliphatic carbocycles. The average Bonchev–Trinajstić information content (AvgIpc) is 2.28. The number of anilines is 2. The molecule has 0 atom stereocenters. The molecule has 4 heteroatoms. The van der Waals surface area contributed by atoms with Crippen molar-refractivity contribution in [3.63, 3.8) is 0 Å². The monoisotopic (exact) mass is 223 g/mol. The molecule has 1 aromatic rings. The first-order chi connectivity index (χ1) is 7.66. The summed E-state index contributed by atoms with van der Waals surface area (Å²) in [6.45, 7) is 3.18. The molecule has 1 heterocycles. The molecule has 90 valence electrons. The predicted octanol–water partition coefficient (Wildman–Crippen LogP) is 1.57. The number of hydrogen-bond acceptors (Lipinski definition) is 4. The van der Waals surface area contributed by atoms with Crippen molar-refractivity contribution in [1.29, 1.82) is 0 Å². The first kappa shape index (κ1) is 12.8. The number of pyridine rings is 1. The van der Waals surface area contributed by atoms with Gasteiger partial charge in [0.15, 0.2) is 5.82 Å². The number of aryl methyl sites for hydroxylation is 1. The number of unbranched alkanes of at least 4 members (excludes halogenated alkanes) is 2. The maximum atomic E-state index is 8.68. The molecule has 0 aliphatic heterocycles. The number of aliphatic hydroxyl groups is 1. The Morgan fingerprint density at radius 1 is 1.38 bits per heavy atom. The quantitative estimate of drug-likeness (QED) is 0.719. The van der Waals surface area contributed by atoms with Crippen LogP contribution in [0.25, 0.3) is 0 Å². The van der Waals surface area contributed by atoms with Crippen LogP contribution in [-0.2, 0) is 0 Å². The number of nitrogen functional groups attached to an aromatic ring is 1. The summed E-state index contributed by atoms with van der Waals surface area (Å²) >= 11 is 0. The van der Waals surface area contributed by atoms with Crippen molar-refractivity contribution in [1.82, 2.24) is 4.98 Å². The molecular weight excluding hydrogens is 202 g/mol. The van der Waals surface area contributed by atoms with Gasteiger partial charge in [-0.25, -0.2) is 4.98 Å². The van der Waals surface area contributed by atoms with Crippen molar-refractivity contribution in [3.05, 3.63) is 17.8 Å². The fourth-order valence-corrected chi connectivity index (χ4v) is 1.60. The smallest absolute Gasteiger partial charge is 0.151 e. The van der Waals surface area contributed by atoms with Crippen LogP contribution >= 0.6 is 0 Å². The molecule has 0 aliphatic rings. The predicted molar refractivity (Wildman–Crippen MR) is 67.6 cm³/mol. The van der Waals surface area contributed by atoms with E-state index in [0.717, 1.165) is 42.9 Å². The Morgan fingerprint density at radius 3 is 2.81 bits per heavy atom. The van der Waals surface area contributed by atoms with Gasteiger partial charge in [0.2, 0.25) is 0 Å². The van der Waals surface area contributed by atoms with Crippen LogP contribution < -0.4 is 10.6 Å². The summed E-state index contributed by atoms with van der Waals surface area (Å²) in [4.78, 5) is 6.36. The van der Waals surface area contributed by atoms with Crippen molar-refractivity contribution in [2.45, 2.75) is 26.2 Å². The van der Waals surface area contributed by atoms with Gasteiger partial charge >= 0.3 is 0 Å². The maximum Gasteiger partial charge on any atom is 0.151 e. The third-order valence-corrected chi connectivity index (χ3v) is 2.70. The molecule has 0 spiro atoms. The van der Waals surface area contributed by atoms with Crippen molar-refractivity contribution in [2.24, 2.45) is 0 Å². The fourth-order valence-electron chi connectivity index (χ4n) is 1.60. The molecule has 0 radical (unpaired) electrons. The highest BCUT2D eigenvalue weighted by Gasteiger charge is 2.07. The lowest BCUT2D eigenvalue weighted by molar-refractivity contribution is 0.283. The largest absolute Gasteiger partial charge is 0.396 e. The zero-order valence-corrected chi connectivity index (χ0v) is 10.1. The van der Waals surface area contributed by atoms with E-state index in [1.165, 1.54) is 0 Å². The van der Waals surface area contributed by atoms with Gasteiger partial charge in [-0.3, -0.25) is 0 Å². The molecule has 1 rings (SSSR count). The van der Waals surface area contributed by atoms with E-state index < -0.39 is 0 Å². The lowest BCUT2D eigenvalue weighted by Crippen LogP contribution is -2.21. The second-order valence-electron chi connectivity index (χ2n) is 4.07. The van der Waals surface area contributed by atoms with E-state index in [-0.39, 0.29) is 6.61 Å². The van der Waals surface area contributed by atoms with Gasteiger partial charge in [0.1, 0.15) is 0 Å². The van der Waals surface area contributed by atoms with Gasteiger partial charge in [-0.1, -0.05) is 0 Å². The summed E-state index contributed by atoms with van der Waals surface area (Å²) in [5.41, 5.74) is 7.79. The van der Waals surface area contributed by atoms with Crippen LogP contribution in [0.15, 0.2) is 12.3 Å². The highest BCUT2D eigenvalue weighted by molar-refractivity contribution is 5.65. The molecule has 0 saturated carbocycles. The first-order valence-corrected chi connectivity index (χ1v) is 5.70. The minimum absolute atomic E-state index is 0.272. The number of hydrogen-bond donors (Lipinski definition) is 2. The Kier molecular flexibility index (Phi) is 5.05. The molecular formula is C12H21N3O. The SMILES string of the molecule is Cc1ccnc(N(C)CCCCCO)c1N. The molecule has 4 nitrogen and oxygen atoms in total. The number of nitrogens with zero attached hydrogens (tertiary/aromatic N) is 2. The van der Waals surface area contributed by atoms with E-state index in [4.69, 9.17) is 10.8 Å². The topological polar surface area (TPSA) is 62.4 Å². The molecule has 3 N–H and O–H groups in total. The Hall–Kier alpha value is -1.29. The maximum absolute atomic E-state index is 8.68. The van der Waals surface area contributed by atoms with Crippen molar-refractivity contribution < 1.29 is 5.11 Å². The molecule has 16 heavy (non-hydrogen) atoms. The third kappa shape index (κ3) is 3.38. The fraction of sp³-hybridized carbons (Fsp3) is 0.583. The van der Waals surface area contributed by atoms with Crippen LogP contribution in [0.3, 0.4) is 0 Å². The highest BCUT2D eigenvalue weighted by Crippen LogP contribution is 2.22. The average molecular weight is 223 g/mol. The van der Waals surface area contributed by atoms with Gasteiger partial charge in [0.25, 0.3) is 0 Å². The zero-order chi connectivity index (χ0) is 12.0. The lowest BCUT2D eigenvalue weighted by atomic mass is 10.2. The van der Waals surface area contributed by atoms with Gasteiger partial charge in [0.05, 0.1) is 5.69 Å². The lowest BCUT2D eigenvalue weighted by Gasteiger charge is -2.20. The molecule has 0 unspecified atom stereocenters. The standard InChI is InChI=1S/C12H21N3O/c1-10-6-7-14-12(11(10)13)15(2)8-4-3-5-9-16/h6-7,16H,3-5,8-9,13H2,1-2H3. The van der Waals surface area contributed by atoms with Crippen molar-refractivity contribution in [3.8, 4) is 0 Å². The zero-order valence-electron chi connectivity index (χ0n) is 10.1. The summed E-state index contributed by atoms with van der Waals surface area (Å²) in [5, 5.41) is 8.68. The van der Waals surface area contributed by atoms with Gasteiger partial charge in [-0.05, 0) is 37.8 Å². The first-order valence-electron chi connectivity index (χ1n) is 5.70. The van der Waals surface area contributed by atoms with E-state index in [1.54, 1.807) is 6.20 Å². The summed E-state index contributed by atoms with van der Waals surface area (Å²) in [6.07, 6.45) is 4.73. The van der Waals surface area contributed by atoms with Gasteiger partial charge < -0.3 is 15.7 Å². The second-order valence-corrected chi connectivity index (χ2v) is 4.07. The van der Waals surface area contributed by atoms with Gasteiger partial charge in [-0.15, -0.1) is 0 Å². The van der Waals surface area contributed by atoms with Gasteiger partial charge in [0, 0.05) is 26.4 Å². The van der Waals surface area contributed by atoms with Crippen LogP contribution in [-0.4, -0.2) is 30.3 Å². The van der Waals surface area contributed by atoms with E-state index in [2.05, 4.69) is 9.88 Å². The number of aromatic nitrogens is 1. The Bertz CT molecular complexity index is 328. The minimum Gasteiger partial charge on any atom is -0.396 e. The number of aliphatic hydroxyl groups excluding tert-OH is 1. The summed E-state index contributed by atoms with van der Waals surface area (Å²) in [7, 11) is 2.00. The van der Waals surface area contributed by atoms with Crippen molar-refractivity contribution >= 4 is 11.5 Å². The summed E-state index contributed by atoms with van der Waals surface area (Å²) < 4.78 is 0. The van der Waals surface area contributed by atoms with Crippen LogP contribution in [0.2, 0.25) is 0 Å². The van der Waals surface area contributed by atoms with E-state index in [9.17, 15) is 0 Å². The van der Waals surface area contributed by atoms with Crippen LogP contribution in [0, 0.1) is 6.92 Å². The molecule has 0 amide bonds. The Labute approximate surface area is 97.1 Å². The minimum atomic E-state index is 0.272. The molecule has 0 fully saturated rings. The second kappa shape index (κ2) is 6.33. The van der Waals surface area contributed by atoms with Crippen LogP contribution in [0.1, 0.15) is 24.8 Å². The Balaban J connectivity index is 2.52. The molecule has 0 aromatic carbocycles. The molecule has 1 aromatic heterocycles. The normalized spacial score (nSPS) is 10.4. The van der Waals surface area contributed by atoms with E-state index >= 15 is 0 Å². The van der Waals surface area contributed by atoms with E-state index in [1.807, 2.05) is 20.0 Å². The van der Waals surface area contributed by atoms with E-state index in [0.29, 0.717) is 0 Å². The molecule has 0 bridgehead atoms. The van der Waals surface area contributed by atoms with Crippen LogP contribution in [0.5, 0.6) is 0 Å². The van der Waals surface area contributed by atoms with Crippen LogP contribution in [0.4, 0.5) is 11.5 Å². The number of rotatable bonds is 6. The molecule has 0 saturated heterocycles. The highest BCUT2D eigenvalue weighted by atomic mass is 16.2. The Morgan fingerprint density at radius 2 is 2.12 bits per heavy atom. The van der Waals surface area contributed by atoms with Gasteiger partial charge in [-0.2, -0.15) is 0 Å². The third-order valence-electron chi connectivity index (χ3n) is 2.70. The number of nitrogens with two attached hydrogens (primary N) is 1.